The lowest BCUT2D eigenvalue weighted by molar-refractivity contribution is -0.137. The minimum Gasteiger partial charge on any atom is -0.423 e. The maximum Gasteiger partial charge on any atom is 0.416 e. The molecule has 3 rings (SSSR count). The van der Waals surface area contributed by atoms with Crippen molar-refractivity contribution >= 4 is 41.3 Å². The molecule has 0 aliphatic rings. The summed E-state index contributed by atoms with van der Waals surface area (Å²) >= 11 is 11.8. The van der Waals surface area contributed by atoms with Crippen molar-refractivity contribution in [2.24, 2.45) is 5.10 Å². The zero-order valence-corrected chi connectivity index (χ0v) is 18.2. The van der Waals surface area contributed by atoms with Crippen LogP contribution >= 0.6 is 23.2 Å². The number of rotatable bonds is 6. The molecule has 3 aromatic carbocycles. The fraction of sp³-hybridized carbons (Fsp3) is 0.0870. The summed E-state index contributed by atoms with van der Waals surface area (Å²) < 4.78 is 43.5. The Kier molecular flexibility index (Phi) is 7.73. The van der Waals surface area contributed by atoms with Crippen LogP contribution in [0.3, 0.4) is 0 Å². The first kappa shape index (κ1) is 24.3. The predicted octanol–water partition coefficient (Wildman–Crippen LogP) is 5.92. The van der Waals surface area contributed by atoms with E-state index in [0.717, 1.165) is 12.1 Å². The topological polar surface area (TPSA) is 67.8 Å². The van der Waals surface area contributed by atoms with E-state index in [9.17, 15) is 22.8 Å². The van der Waals surface area contributed by atoms with Crippen LogP contribution in [0.25, 0.3) is 0 Å². The van der Waals surface area contributed by atoms with Gasteiger partial charge < -0.3 is 4.74 Å². The minimum absolute atomic E-state index is 0.162. The fourth-order valence-corrected chi connectivity index (χ4v) is 3.19. The van der Waals surface area contributed by atoms with Gasteiger partial charge in [-0.05, 0) is 59.7 Å². The zero-order valence-electron chi connectivity index (χ0n) is 16.7. The molecule has 0 saturated heterocycles. The van der Waals surface area contributed by atoms with Crippen LogP contribution in [0, 0.1) is 0 Å². The standard InChI is InChI=1S/C23H15Cl2F3N2O3/c24-17-6-9-19(20(25)12-17)22(32)33-18-7-4-14(5-8-18)13-29-30-21(31)11-15-2-1-3-16(10-15)23(26,27)28/h1-10,12-13H,11H2,(H,30,31)/b29-13-. The minimum atomic E-state index is -4.48. The van der Waals surface area contributed by atoms with Crippen LogP contribution in [-0.4, -0.2) is 18.1 Å². The average molecular weight is 495 g/mol. The Hall–Kier alpha value is -3.36. The van der Waals surface area contributed by atoms with E-state index in [-0.39, 0.29) is 28.3 Å². The van der Waals surface area contributed by atoms with Gasteiger partial charge in [-0.3, -0.25) is 4.79 Å². The molecule has 1 N–H and O–H groups in total. The molecule has 10 heteroatoms. The third-order valence-corrected chi connectivity index (χ3v) is 4.81. The van der Waals surface area contributed by atoms with E-state index in [1.165, 1.54) is 48.7 Å². The molecule has 0 heterocycles. The number of hydrazone groups is 1. The van der Waals surface area contributed by atoms with Gasteiger partial charge in [0.1, 0.15) is 5.75 Å². The van der Waals surface area contributed by atoms with Gasteiger partial charge in [0.15, 0.2) is 0 Å². The smallest absolute Gasteiger partial charge is 0.416 e. The molecule has 0 aromatic heterocycles. The maximum absolute atomic E-state index is 12.8. The van der Waals surface area contributed by atoms with E-state index in [1.807, 2.05) is 0 Å². The number of nitrogens with one attached hydrogen (secondary N) is 1. The van der Waals surface area contributed by atoms with Crippen LogP contribution in [-0.2, 0) is 17.4 Å². The van der Waals surface area contributed by atoms with Crippen molar-refractivity contribution in [3.05, 3.63) is 99.0 Å². The lowest BCUT2D eigenvalue weighted by Crippen LogP contribution is -2.20. The molecule has 0 radical (unpaired) electrons. The van der Waals surface area contributed by atoms with Gasteiger partial charge in [0.05, 0.1) is 28.8 Å². The normalized spacial score (nSPS) is 11.4. The molecular formula is C23H15Cl2F3N2O3. The number of esters is 1. The number of nitrogens with zero attached hydrogens (tertiary/aromatic N) is 1. The third kappa shape index (κ3) is 7.06. The summed E-state index contributed by atoms with van der Waals surface area (Å²) in [6.45, 7) is 0. The monoisotopic (exact) mass is 494 g/mol. The van der Waals surface area contributed by atoms with E-state index >= 15 is 0 Å². The second kappa shape index (κ2) is 10.5. The molecular weight excluding hydrogens is 480 g/mol. The Morgan fingerprint density at radius 2 is 1.73 bits per heavy atom. The lowest BCUT2D eigenvalue weighted by Gasteiger charge is -2.08. The van der Waals surface area contributed by atoms with Crippen LogP contribution in [0.5, 0.6) is 5.75 Å². The number of carbonyl (C=O) groups excluding carboxylic acids is 2. The SMILES string of the molecule is O=C(Cc1cccc(C(F)(F)F)c1)N/N=C\c1ccc(OC(=O)c2ccc(Cl)cc2Cl)cc1. The summed E-state index contributed by atoms with van der Waals surface area (Å²) in [6, 6.07) is 15.1. The van der Waals surface area contributed by atoms with E-state index in [2.05, 4.69) is 10.5 Å². The van der Waals surface area contributed by atoms with Crippen molar-refractivity contribution in [2.75, 3.05) is 0 Å². The Bertz CT molecular complexity index is 1200. The fourth-order valence-electron chi connectivity index (χ4n) is 2.70. The molecule has 0 spiro atoms. The number of benzene rings is 3. The molecule has 0 atom stereocenters. The van der Waals surface area contributed by atoms with Gasteiger partial charge in [-0.2, -0.15) is 18.3 Å². The van der Waals surface area contributed by atoms with Crippen LogP contribution in [0.4, 0.5) is 13.2 Å². The Labute approximate surface area is 196 Å². The number of hydrogen-bond acceptors (Lipinski definition) is 4. The van der Waals surface area contributed by atoms with Gasteiger partial charge in [-0.1, -0.05) is 41.4 Å². The summed E-state index contributed by atoms with van der Waals surface area (Å²) in [4.78, 5) is 24.2. The molecule has 33 heavy (non-hydrogen) atoms. The van der Waals surface area contributed by atoms with Crippen LogP contribution in [0.2, 0.25) is 10.0 Å². The number of carbonyl (C=O) groups is 2. The van der Waals surface area contributed by atoms with Crippen LogP contribution in [0.15, 0.2) is 71.8 Å². The summed E-state index contributed by atoms with van der Waals surface area (Å²) in [6.07, 6.45) is -3.40. The summed E-state index contributed by atoms with van der Waals surface area (Å²) in [7, 11) is 0. The second-order valence-corrected chi connectivity index (χ2v) is 7.59. The van der Waals surface area contributed by atoms with Gasteiger partial charge >= 0.3 is 12.1 Å². The van der Waals surface area contributed by atoms with E-state index in [0.29, 0.717) is 10.6 Å². The number of alkyl halides is 3. The number of amides is 1. The Morgan fingerprint density at radius 1 is 1.00 bits per heavy atom. The number of hydrogen-bond donors (Lipinski definition) is 1. The summed E-state index contributed by atoms with van der Waals surface area (Å²) in [5.74, 6) is -0.965. The molecule has 0 saturated carbocycles. The average Bonchev–Trinajstić information content (AvgIpc) is 2.74. The van der Waals surface area contributed by atoms with Crippen molar-refractivity contribution in [2.45, 2.75) is 12.6 Å². The van der Waals surface area contributed by atoms with Gasteiger partial charge in [-0.15, -0.1) is 0 Å². The molecule has 5 nitrogen and oxygen atoms in total. The van der Waals surface area contributed by atoms with Crippen LogP contribution < -0.4 is 10.2 Å². The first-order chi connectivity index (χ1) is 15.6. The maximum atomic E-state index is 12.8. The van der Waals surface area contributed by atoms with E-state index in [4.69, 9.17) is 27.9 Å². The Morgan fingerprint density at radius 3 is 2.39 bits per heavy atom. The molecule has 0 aliphatic carbocycles. The largest absolute Gasteiger partial charge is 0.423 e. The zero-order chi connectivity index (χ0) is 24.0. The lowest BCUT2D eigenvalue weighted by atomic mass is 10.1. The highest BCUT2D eigenvalue weighted by Crippen LogP contribution is 2.29. The quantitative estimate of drug-likeness (QED) is 0.200. The first-order valence-electron chi connectivity index (χ1n) is 9.37. The molecule has 0 unspecified atom stereocenters. The molecule has 170 valence electrons. The highest BCUT2D eigenvalue weighted by molar-refractivity contribution is 6.36. The van der Waals surface area contributed by atoms with Crippen molar-refractivity contribution in [3.63, 3.8) is 0 Å². The second-order valence-electron chi connectivity index (χ2n) is 6.75. The third-order valence-electron chi connectivity index (χ3n) is 4.26. The highest BCUT2D eigenvalue weighted by atomic mass is 35.5. The summed E-state index contributed by atoms with van der Waals surface area (Å²) in [5.41, 5.74) is 2.39. The highest BCUT2D eigenvalue weighted by Gasteiger charge is 2.30. The van der Waals surface area contributed by atoms with Gasteiger partial charge in [0.25, 0.3) is 0 Å². The van der Waals surface area contributed by atoms with Crippen molar-refractivity contribution < 1.29 is 27.5 Å². The van der Waals surface area contributed by atoms with Crippen molar-refractivity contribution in [3.8, 4) is 5.75 Å². The van der Waals surface area contributed by atoms with Crippen molar-refractivity contribution in [1.29, 1.82) is 0 Å². The van der Waals surface area contributed by atoms with Crippen LogP contribution in [0.1, 0.15) is 27.0 Å². The Balaban J connectivity index is 1.54. The van der Waals surface area contributed by atoms with E-state index in [1.54, 1.807) is 12.1 Å². The molecule has 0 fully saturated rings. The number of halogens is 5. The predicted molar refractivity (Wildman–Crippen MR) is 119 cm³/mol. The first-order valence-corrected chi connectivity index (χ1v) is 10.1. The molecule has 0 bridgehead atoms. The van der Waals surface area contributed by atoms with Crippen molar-refractivity contribution in [1.82, 2.24) is 5.43 Å². The molecule has 0 aliphatic heterocycles. The molecule has 3 aromatic rings. The molecule has 1 amide bonds. The van der Waals surface area contributed by atoms with Gasteiger partial charge in [-0.25, -0.2) is 10.2 Å². The summed E-state index contributed by atoms with van der Waals surface area (Å²) in [5, 5.41) is 4.34. The van der Waals surface area contributed by atoms with Gasteiger partial charge in [0.2, 0.25) is 5.91 Å². The number of ether oxygens (including phenoxy) is 1. The van der Waals surface area contributed by atoms with E-state index < -0.39 is 23.6 Å². The van der Waals surface area contributed by atoms with Gasteiger partial charge in [0, 0.05) is 5.02 Å².